The number of aromatic amines is 1. The molecule has 1 heterocycles. The van der Waals surface area contributed by atoms with E-state index in [9.17, 15) is 4.39 Å². The first-order chi connectivity index (χ1) is 10.8. The largest absolute Gasteiger partial charge is 0.490 e. The number of ether oxygens (including phenoxy) is 1. The average molecular weight is 316 g/mol. The van der Waals surface area contributed by atoms with Crippen molar-refractivity contribution in [3.63, 3.8) is 0 Å². The van der Waals surface area contributed by atoms with E-state index in [1.165, 1.54) is 17.8 Å². The van der Waals surface area contributed by atoms with Crippen LogP contribution >= 0.6 is 11.8 Å². The Hall–Kier alpha value is -1.98. The van der Waals surface area contributed by atoms with Crippen molar-refractivity contribution in [3.8, 4) is 5.75 Å². The van der Waals surface area contributed by atoms with Gasteiger partial charge in [-0.25, -0.2) is 4.39 Å². The molecule has 0 aliphatic heterocycles. The minimum atomic E-state index is -0.205. The van der Waals surface area contributed by atoms with E-state index in [0.717, 1.165) is 28.1 Å². The number of para-hydroxylation sites is 1. The van der Waals surface area contributed by atoms with Gasteiger partial charge in [-0.1, -0.05) is 36.0 Å². The molecule has 0 saturated carbocycles. The molecule has 22 heavy (non-hydrogen) atoms. The molecule has 0 atom stereocenters. The van der Waals surface area contributed by atoms with Gasteiger partial charge in [0.25, 0.3) is 0 Å². The van der Waals surface area contributed by atoms with Crippen molar-refractivity contribution in [2.75, 3.05) is 20.2 Å². The SMILES string of the molecule is CNCCOc1cccc2c(Sc3ccccc3F)c[nH]c12. The highest BCUT2D eigenvalue weighted by molar-refractivity contribution is 7.99. The van der Waals surface area contributed by atoms with Crippen LogP contribution in [0.3, 0.4) is 0 Å². The Kier molecular flexibility index (Phi) is 4.65. The fourth-order valence-corrected chi connectivity index (χ4v) is 3.16. The van der Waals surface area contributed by atoms with Crippen molar-refractivity contribution in [1.29, 1.82) is 0 Å². The molecule has 2 N–H and O–H groups in total. The molecular weight excluding hydrogens is 299 g/mol. The normalized spacial score (nSPS) is 11.0. The number of halogens is 1. The van der Waals surface area contributed by atoms with Crippen LogP contribution in [0.2, 0.25) is 0 Å². The van der Waals surface area contributed by atoms with Gasteiger partial charge in [0.1, 0.15) is 18.2 Å². The first-order valence-corrected chi connectivity index (χ1v) is 7.91. The number of benzene rings is 2. The van der Waals surface area contributed by atoms with Crippen molar-refractivity contribution in [3.05, 3.63) is 54.5 Å². The van der Waals surface area contributed by atoms with Crippen molar-refractivity contribution < 1.29 is 9.13 Å². The number of hydrogen-bond donors (Lipinski definition) is 2. The number of rotatable bonds is 6. The van der Waals surface area contributed by atoms with E-state index >= 15 is 0 Å². The van der Waals surface area contributed by atoms with Crippen LogP contribution in [-0.2, 0) is 0 Å². The molecule has 1 aromatic heterocycles. The van der Waals surface area contributed by atoms with Crippen LogP contribution in [0.4, 0.5) is 4.39 Å². The maximum Gasteiger partial charge on any atom is 0.143 e. The van der Waals surface area contributed by atoms with Gasteiger partial charge in [0, 0.05) is 27.9 Å². The second kappa shape index (κ2) is 6.85. The number of aromatic nitrogens is 1. The molecule has 0 unspecified atom stereocenters. The van der Waals surface area contributed by atoms with E-state index in [1.54, 1.807) is 12.1 Å². The molecule has 114 valence electrons. The van der Waals surface area contributed by atoms with E-state index in [4.69, 9.17) is 4.74 Å². The Morgan fingerprint density at radius 3 is 2.82 bits per heavy atom. The van der Waals surface area contributed by atoms with Gasteiger partial charge in [-0.3, -0.25) is 0 Å². The summed E-state index contributed by atoms with van der Waals surface area (Å²) in [5, 5.41) is 4.09. The fourth-order valence-electron chi connectivity index (χ4n) is 2.21. The molecule has 0 bridgehead atoms. The van der Waals surface area contributed by atoms with Crippen LogP contribution < -0.4 is 10.1 Å². The van der Waals surface area contributed by atoms with Gasteiger partial charge in [0.15, 0.2) is 0 Å². The average Bonchev–Trinajstić information content (AvgIpc) is 2.94. The van der Waals surface area contributed by atoms with Crippen LogP contribution in [0, 0.1) is 5.82 Å². The lowest BCUT2D eigenvalue weighted by molar-refractivity contribution is 0.321. The van der Waals surface area contributed by atoms with Gasteiger partial charge in [0.2, 0.25) is 0 Å². The third-order valence-electron chi connectivity index (χ3n) is 3.31. The van der Waals surface area contributed by atoms with Gasteiger partial charge in [0.05, 0.1) is 5.52 Å². The van der Waals surface area contributed by atoms with Crippen LogP contribution in [-0.4, -0.2) is 25.2 Å². The molecule has 5 heteroatoms. The predicted octanol–water partition coefficient (Wildman–Crippen LogP) is 4.06. The molecule has 0 radical (unpaired) electrons. The molecule has 2 aromatic carbocycles. The third-order valence-corrected chi connectivity index (χ3v) is 4.41. The summed E-state index contributed by atoms with van der Waals surface area (Å²) >= 11 is 1.41. The monoisotopic (exact) mass is 316 g/mol. The molecule has 0 aliphatic rings. The molecule has 0 fully saturated rings. The molecule has 3 rings (SSSR count). The van der Waals surface area contributed by atoms with Gasteiger partial charge >= 0.3 is 0 Å². The third kappa shape index (κ3) is 3.10. The second-order valence-electron chi connectivity index (χ2n) is 4.82. The summed E-state index contributed by atoms with van der Waals surface area (Å²) in [5.41, 5.74) is 0.942. The standard InChI is InChI=1S/C17H17FN2OS/c1-19-9-10-21-14-7-4-5-12-16(11-20-17(12)14)22-15-8-3-2-6-13(15)18/h2-8,11,19-20H,9-10H2,1H3. The number of hydrogen-bond acceptors (Lipinski definition) is 3. The molecule has 3 aromatic rings. The van der Waals surface area contributed by atoms with Crippen LogP contribution in [0.5, 0.6) is 5.75 Å². The maximum absolute atomic E-state index is 13.8. The van der Waals surface area contributed by atoms with Gasteiger partial charge in [-0.2, -0.15) is 0 Å². The Labute approximate surface area is 132 Å². The van der Waals surface area contributed by atoms with E-state index in [1.807, 2.05) is 37.5 Å². The molecular formula is C17H17FN2OS. The number of likely N-dealkylation sites (N-methyl/N-ethyl adjacent to an activating group) is 1. The Balaban J connectivity index is 1.89. The lowest BCUT2D eigenvalue weighted by Crippen LogP contribution is -2.15. The highest BCUT2D eigenvalue weighted by Gasteiger charge is 2.11. The topological polar surface area (TPSA) is 37.0 Å². The van der Waals surface area contributed by atoms with Crippen LogP contribution in [0.15, 0.2) is 58.5 Å². The summed E-state index contributed by atoms with van der Waals surface area (Å²) < 4.78 is 19.6. The van der Waals surface area contributed by atoms with Crippen LogP contribution in [0.1, 0.15) is 0 Å². The summed E-state index contributed by atoms with van der Waals surface area (Å²) in [4.78, 5) is 4.84. The zero-order valence-electron chi connectivity index (χ0n) is 12.2. The van der Waals surface area contributed by atoms with Crippen LogP contribution in [0.25, 0.3) is 10.9 Å². The number of H-pyrrole nitrogens is 1. The quantitative estimate of drug-likeness (QED) is 0.674. The molecule has 3 nitrogen and oxygen atoms in total. The summed E-state index contributed by atoms with van der Waals surface area (Å²) in [6.45, 7) is 1.39. The second-order valence-corrected chi connectivity index (χ2v) is 5.90. The van der Waals surface area contributed by atoms with E-state index in [-0.39, 0.29) is 5.82 Å². The molecule has 0 saturated heterocycles. The summed E-state index contributed by atoms with van der Waals surface area (Å²) in [6.07, 6.45) is 1.90. The van der Waals surface area contributed by atoms with Crippen molar-refractivity contribution >= 4 is 22.7 Å². The van der Waals surface area contributed by atoms with E-state index < -0.39 is 0 Å². The minimum absolute atomic E-state index is 0.205. The Morgan fingerprint density at radius 1 is 1.14 bits per heavy atom. The zero-order chi connectivity index (χ0) is 15.4. The number of fused-ring (bicyclic) bond motifs is 1. The van der Waals surface area contributed by atoms with Crippen molar-refractivity contribution in [2.24, 2.45) is 0 Å². The van der Waals surface area contributed by atoms with Gasteiger partial charge in [-0.05, 0) is 25.2 Å². The first kappa shape index (κ1) is 14.9. The Bertz CT molecular complexity index is 772. The smallest absolute Gasteiger partial charge is 0.143 e. The lowest BCUT2D eigenvalue weighted by Gasteiger charge is -2.07. The zero-order valence-corrected chi connectivity index (χ0v) is 13.0. The van der Waals surface area contributed by atoms with Gasteiger partial charge < -0.3 is 15.0 Å². The lowest BCUT2D eigenvalue weighted by atomic mass is 10.2. The van der Waals surface area contributed by atoms with Crippen molar-refractivity contribution in [1.82, 2.24) is 10.3 Å². The summed E-state index contributed by atoms with van der Waals surface area (Å²) in [7, 11) is 1.89. The summed E-state index contributed by atoms with van der Waals surface area (Å²) in [5.74, 6) is 0.608. The van der Waals surface area contributed by atoms with Gasteiger partial charge in [-0.15, -0.1) is 0 Å². The Morgan fingerprint density at radius 2 is 2.00 bits per heavy atom. The first-order valence-electron chi connectivity index (χ1n) is 7.09. The van der Waals surface area contributed by atoms with Crippen molar-refractivity contribution in [2.45, 2.75) is 9.79 Å². The highest BCUT2D eigenvalue weighted by atomic mass is 32.2. The summed E-state index contributed by atoms with van der Waals surface area (Å²) in [6, 6.07) is 12.7. The fraction of sp³-hybridized carbons (Fsp3) is 0.176. The predicted molar refractivity (Wildman–Crippen MR) is 88.2 cm³/mol. The minimum Gasteiger partial charge on any atom is -0.490 e. The van der Waals surface area contributed by atoms with E-state index in [0.29, 0.717) is 11.5 Å². The molecule has 0 aliphatic carbocycles. The highest BCUT2D eigenvalue weighted by Crippen LogP contribution is 2.37. The number of nitrogens with one attached hydrogen (secondary N) is 2. The molecule has 0 spiro atoms. The molecule has 0 amide bonds. The maximum atomic E-state index is 13.8. The van der Waals surface area contributed by atoms with E-state index in [2.05, 4.69) is 10.3 Å².